The van der Waals surface area contributed by atoms with Crippen molar-refractivity contribution >= 4 is 5.69 Å². The molecule has 1 aromatic carbocycles. The van der Waals surface area contributed by atoms with Crippen LogP contribution in [0.25, 0.3) is 0 Å². The van der Waals surface area contributed by atoms with E-state index in [4.69, 9.17) is 0 Å². The van der Waals surface area contributed by atoms with Crippen LogP contribution in [0, 0.1) is 5.82 Å². The lowest BCUT2D eigenvalue weighted by Gasteiger charge is -2.17. The van der Waals surface area contributed by atoms with Crippen molar-refractivity contribution in [3.8, 4) is 0 Å². The van der Waals surface area contributed by atoms with Crippen molar-refractivity contribution < 1.29 is 4.39 Å². The molecule has 2 heterocycles. The maximum absolute atomic E-state index is 13.1. The molecule has 3 heteroatoms. The molecular weight excluding hydrogens is 251 g/mol. The maximum atomic E-state index is 13.1. The number of aryl methyl sites for hydroxylation is 2. The largest absolute Gasteiger partial charge is 0.384 e. The first-order chi connectivity index (χ1) is 9.54. The van der Waals surface area contributed by atoms with Gasteiger partial charge in [-0.2, -0.15) is 0 Å². The Kier molecular flexibility index (Phi) is 3.20. The zero-order valence-corrected chi connectivity index (χ0v) is 11.9. The van der Waals surface area contributed by atoms with E-state index in [0.29, 0.717) is 0 Å². The highest BCUT2D eigenvalue weighted by atomic mass is 19.1. The first-order valence-corrected chi connectivity index (χ1v) is 7.01. The van der Waals surface area contributed by atoms with E-state index in [1.54, 1.807) is 12.3 Å². The lowest BCUT2D eigenvalue weighted by molar-refractivity contribution is 0.585. The molecule has 0 spiro atoms. The average Bonchev–Trinajstić information content (AvgIpc) is 2.72. The molecule has 0 atom stereocenters. The summed E-state index contributed by atoms with van der Waals surface area (Å²) in [6.07, 6.45) is 4.71. The second-order valence-corrected chi connectivity index (χ2v) is 6.13. The molecule has 0 amide bonds. The zero-order chi connectivity index (χ0) is 14.2. The number of anilines is 1. The van der Waals surface area contributed by atoms with Crippen LogP contribution in [0.3, 0.4) is 0 Å². The number of hydrogen-bond donors (Lipinski definition) is 1. The number of fused-ring (bicyclic) bond motifs is 1. The fourth-order valence-electron chi connectivity index (χ4n) is 2.75. The van der Waals surface area contributed by atoms with E-state index in [1.807, 2.05) is 0 Å². The number of pyridine rings is 1. The van der Waals surface area contributed by atoms with Gasteiger partial charge in [-0.05, 0) is 41.7 Å². The summed E-state index contributed by atoms with van der Waals surface area (Å²) in [5, 5.41) is 3.44. The van der Waals surface area contributed by atoms with Crippen molar-refractivity contribution in [1.82, 2.24) is 4.98 Å². The highest BCUT2D eigenvalue weighted by molar-refractivity contribution is 5.60. The Morgan fingerprint density at radius 1 is 1.15 bits per heavy atom. The Morgan fingerprint density at radius 2 is 1.95 bits per heavy atom. The third-order valence-electron chi connectivity index (χ3n) is 4.00. The first-order valence-electron chi connectivity index (χ1n) is 7.01. The van der Waals surface area contributed by atoms with Gasteiger partial charge in [0, 0.05) is 23.8 Å². The van der Waals surface area contributed by atoms with Gasteiger partial charge in [0.1, 0.15) is 5.82 Å². The average molecular weight is 270 g/mol. The van der Waals surface area contributed by atoms with Crippen LogP contribution >= 0.6 is 0 Å². The van der Waals surface area contributed by atoms with E-state index in [9.17, 15) is 4.39 Å². The van der Waals surface area contributed by atoms with Gasteiger partial charge < -0.3 is 5.32 Å². The van der Waals surface area contributed by atoms with Gasteiger partial charge in [-0.1, -0.05) is 26.0 Å². The molecule has 20 heavy (non-hydrogen) atoms. The fraction of sp³-hybridized carbons (Fsp3) is 0.353. The van der Waals surface area contributed by atoms with Crippen molar-refractivity contribution in [2.24, 2.45) is 0 Å². The second-order valence-electron chi connectivity index (χ2n) is 6.13. The smallest absolute Gasteiger partial charge is 0.141 e. The predicted octanol–water partition coefficient (Wildman–Crippen LogP) is 3.71. The highest BCUT2D eigenvalue weighted by Crippen LogP contribution is 2.36. The van der Waals surface area contributed by atoms with E-state index >= 15 is 0 Å². The lowest BCUT2D eigenvalue weighted by Crippen LogP contribution is -2.19. The van der Waals surface area contributed by atoms with Gasteiger partial charge in [0.2, 0.25) is 0 Å². The first kappa shape index (κ1) is 13.1. The molecule has 0 unspecified atom stereocenters. The highest BCUT2D eigenvalue weighted by Gasteiger charge is 2.29. The quantitative estimate of drug-likeness (QED) is 0.919. The molecule has 0 aliphatic carbocycles. The van der Waals surface area contributed by atoms with Crippen molar-refractivity contribution in [2.45, 2.75) is 32.1 Å². The molecule has 0 radical (unpaired) electrons. The predicted molar refractivity (Wildman–Crippen MR) is 79.6 cm³/mol. The Hall–Kier alpha value is -1.90. The number of halogens is 1. The van der Waals surface area contributed by atoms with Gasteiger partial charge >= 0.3 is 0 Å². The minimum atomic E-state index is -0.262. The van der Waals surface area contributed by atoms with Gasteiger partial charge in [-0.3, -0.25) is 4.98 Å². The molecule has 0 fully saturated rings. The molecule has 0 saturated heterocycles. The molecule has 1 aliphatic rings. The standard InChI is InChI=1S/C17H19FN2/c1-17(2)11-20-16-6-5-12(8-15(16)17)3-4-13-7-14(18)10-19-9-13/h5-10,20H,3-4,11H2,1-2H3. The van der Waals surface area contributed by atoms with Crippen LogP contribution in [0.4, 0.5) is 10.1 Å². The summed E-state index contributed by atoms with van der Waals surface area (Å²) in [5.41, 5.74) is 5.05. The third-order valence-corrected chi connectivity index (χ3v) is 4.00. The van der Waals surface area contributed by atoms with Crippen molar-refractivity contribution in [3.05, 3.63) is 59.2 Å². The zero-order valence-electron chi connectivity index (χ0n) is 11.9. The van der Waals surface area contributed by atoms with Gasteiger partial charge in [-0.25, -0.2) is 4.39 Å². The van der Waals surface area contributed by atoms with Crippen molar-refractivity contribution in [2.75, 3.05) is 11.9 Å². The minimum Gasteiger partial charge on any atom is -0.384 e. The molecule has 2 aromatic rings. The van der Waals surface area contributed by atoms with Gasteiger partial charge in [-0.15, -0.1) is 0 Å². The van der Waals surface area contributed by atoms with Gasteiger partial charge in [0.15, 0.2) is 0 Å². The molecule has 1 aliphatic heterocycles. The van der Waals surface area contributed by atoms with Crippen LogP contribution in [0.5, 0.6) is 0 Å². The summed E-state index contributed by atoms with van der Waals surface area (Å²) in [6, 6.07) is 8.15. The summed E-state index contributed by atoms with van der Waals surface area (Å²) in [6.45, 7) is 5.50. The Morgan fingerprint density at radius 3 is 2.75 bits per heavy atom. The van der Waals surface area contributed by atoms with Crippen LogP contribution < -0.4 is 5.32 Å². The molecule has 0 bridgehead atoms. The summed E-state index contributed by atoms with van der Waals surface area (Å²) in [7, 11) is 0. The van der Waals surface area contributed by atoms with Crippen LogP contribution in [0.2, 0.25) is 0 Å². The van der Waals surface area contributed by atoms with E-state index in [0.717, 1.165) is 24.9 Å². The van der Waals surface area contributed by atoms with E-state index < -0.39 is 0 Å². The Bertz CT molecular complexity index is 635. The number of benzene rings is 1. The molecular formula is C17H19FN2. The number of aromatic nitrogens is 1. The normalized spacial score (nSPS) is 15.8. The Labute approximate surface area is 119 Å². The SMILES string of the molecule is CC1(C)CNc2ccc(CCc3cncc(F)c3)cc21. The lowest BCUT2D eigenvalue weighted by atomic mass is 9.85. The molecule has 0 saturated carbocycles. The number of nitrogens with one attached hydrogen (secondary N) is 1. The topological polar surface area (TPSA) is 24.9 Å². The van der Waals surface area contributed by atoms with E-state index in [1.165, 1.54) is 23.0 Å². The maximum Gasteiger partial charge on any atom is 0.141 e. The summed E-state index contributed by atoms with van der Waals surface area (Å²) in [4.78, 5) is 3.89. The van der Waals surface area contributed by atoms with E-state index in [-0.39, 0.29) is 11.2 Å². The number of nitrogens with zero attached hydrogens (tertiary/aromatic N) is 1. The van der Waals surface area contributed by atoms with Gasteiger partial charge in [0.05, 0.1) is 6.20 Å². The van der Waals surface area contributed by atoms with Crippen LogP contribution in [-0.2, 0) is 18.3 Å². The number of rotatable bonds is 3. The third kappa shape index (κ3) is 2.53. The summed E-state index contributed by atoms with van der Waals surface area (Å²) in [5.74, 6) is -0.262. The molecule has 2 nitrogen and oxygen atoms in total. The Balaban J connectivity index is 1.76. The minimum absolute atomic E-state index is 0.186. The second kappa shape index (κ2) is 4.89. The summed E-state index contributed by atoms with van der Waals surface area (Å²) >= 11 is 0. The molecule has 104 valence electrons. The summed E-state index contributed by atoms with van der Waals surface area (Å²) < 4.78 is 13.1. The van der Waals surface area contributed by atoms with Crippen LogP contribution in [-0.4, -0.2) is 11.5 Å². The molecule has 1 aromatic heterocycles. The monoisotopic (exact) mass is 270 g/mol. The van der Waals surface area contributed by atoms with Crippen molar-refractivity contribution in [3.63, 3.8) is 0 Å². The number of hydrogen-bond acceptors (Lipinski definition) is 2. The van der Waals surface area contributed by atoms with Crippen molar-refractivity contribution in [1.29, 1.82) is 0 Å². The van der Waals surface area contributed by atoms with Crippen LogP contribution in [0.15, 0.2) is 36.7 Å². The van der Waals surface area contributed by atoms with Gasteiger partial charge in [0.25, 0.3) is 0 Å². The van der Waals surface area contributed by atoms with Crippen LogP contribution in [0.1, 0.15) is 30.5 Å². The molecule has 3 rings (SSSR count). The van der Waals surface area contributed by atoms with E-state index in [2.05, 4.69) is 42.3 Å². The fourth-order valence-corrected chi connectivity index (χ4v) is 2.75. The molecule has 1 N–H and O–H groups in total.